The molecule has 0 aromatic carbocycles. The van der Waals surface area contributed by atoms with Gasteiger partial charge in [0.25, 0.3) is 0 Å². The van der Waals surface area contributed by atoms with Gasteiger partial charge < -0.3 is 46.4 Å². The third-order valence-corrected chi connectivity index (χ3v) is 10.2. The monoisotopic (exact) mass is 696 g/mol. The molecule has 0 heterocycles. The summed E-state index contributed by atoms with van der Waals surface area (Å²) >= 11 is 0. The van der Waals surface area contributed by atoms with E-state index < -0.39 is 18.1 Å². The number of aliphatic hydroxyl groups is 2. The van der Waals surface area contributed by atoms with E-state index in [1.807, 2.05) is 96.9 Å². The Morgan fingerprint density at radius 1 is 0.395 bits per heavy atom. The third kappa shape index (κ3) is 35.4. The fourth-order valence-electron chi connectivity index (χ4n) is 2.19. The molecule has 0 aromatic heterocycles. The summed E-state index contributed by atoms with van der Waals surface area (Å²) in [6, 6.07) is 0. The standard InChI is InChI=1S/2C12H28O4Si.2C3H8O.Ti/c2*1-7-10(4)14-17(13,15-11(5)8-2)16-12(6)9-3;2*1-2-3-4;/h2*10-13H,7-9H2,1-6H3;2*4H,2-3H2,1H3;. The van der Waals surface area contributed by atoms with Crippen LogP contribution in [0.15, 0.2) is 0 Å². The average molecular weight is 697 g/mol. The minimum Gasteiger partial charge on any atom is -0.396 e. The summed E-state index contributed by atoms with van der Waals surface area (Å²) in [7, 11) is -7.00. The third-order valence-electron chi connectivity index (χ3n) is 6.00. The predicted molar refractivity (Wildman–Crippen MR) is 176 cm³/mol. The van der Waals surface area contributed by atoms with Crippen LogP contribution in [0.4, 0.5) is 0 Å². The van der Waals surface area contributed by atoms with Gasteiger partial charge in [0.15, 0.2) is 0 Å². The van der Waals surface area contributed by atoms with E-state index in [9.17, 15) is 9.59 Å². The Bertz CT molecular complexity index is 443. The summed E-state index contributed by atoms with van der Waals surface area (Å²) in [6.45, 7) is 28.0. The molecular weight excluding hydrogens is 624 g/mol. The van der Waals surface area contributed by atoms with Crippen molar-refractivity contribution in [1.29, 1.82) is 0 Å². The summed E-state index contributed by atoms with van der Waals surface area (Å²) in [5, 5.41) is 15.8. The molecule has 0 aliphatic rings. The van der Waals surface area contributed by atoms with Crippen LogP contribution in [-0.2, 0) is 48.3 Å². The Balaban J connectivity index is -0.000000175. The van der Waals surface area contributed by atoms with Crippen LogP contribution in [0.1, 0.15) is 148 Å². The van der Waals surface area contributed by atoms with Crippen molar-refractivity contribution in [3.63, 3.8) is 0 Å². The first kappa shape index (κ1) is 53.2. The van der Waals surface area contributed by atoms with Gasteiger partial charge in [0, 0.05) is 71.6 Å². The van der Waals surface area contributed by atoms with Gasteiger partial charge in [0.1, 0.15) is 0 Å². The Hall–Kier alpha value is 0.748. The first-order valence-corrected chi connectivity index (χ1v) is 19.6. The summed E-state index contributed by atoms with van der Waals surface area (Å²) in [6.07, 6.45) is 6.35. The molecule has 0 spiro atoms. The molecule has 0 aliphatic carbocycles. The maximum atomic E-state index is 10.4. The Morgan fingerprint density at radius 2 is 0.512 bits per heavy atom. The molecule has 0 radical (unpaired) electrons. The molecule has 6 atom stereocenters. The summed E-state index contributed by atoms with van der Waals surface area (Å²) in [5.74, 6) is 0. The fourth-order valence-corrected chi connectivity index (χ4v) is 6.58. The van der Waals surface area contributed by atoms with Crippen LogP contribution < -0.4 is 0 Å². The van der Waals surface area contributed by atoms with Crippen molar-refractivity contribution < 1.29 is 68.1 Å². The van der Waals surface area contributed by atoms with Crippen LogP contribution in [0.2, 0.25) is 0 Å². The zero-order chi connectivity index (χ0) is 33.8. The maximum Gasteiger partial charge on any atom is 0.677 e. The molecule has 0 bridgehead atoms. The number of hydrogen-bond donors (Lipinski definition) is 4. The molecule has 0 saturated carbocycles. The van der Waals surface area contributed by atoms with Crippen molar-refractivity contribution in [2.45, 2.75) is 185 Å². The van der Waals surface area contributed by atoms with Gasteiger partial charge in [-0.25, -0.2) is 0 Å². The number of rotatable bonds is 20. The minimum absolute atomic E-state index is 0. The van der Waals surface area contributed by atoms with Crippen molar-refractivity contribution in [2.75, 3.05) is 13.2 Å². The second kappa shape index (κ2) is 34.1. The van der Waals surface area contributed by atoms with Crippen LogP contribution in [0, 0.1) is 0 Å². The van der Waals surface area contributed by atoms with Crippen LogP contribution in [-0.4, -0.2) is 87.7 Å². The average Bonchev–Trinajstić information content (AvgIpc) is 2.96. The smallest absolute Gasteiger partial charge is 0.396 e. The fraction of sp³-hybridized carbons (Fsp3) is 1.00. The quantitative estimate of drug-likeness (QED) is 0.105. The molecule has 43 heavy (non-hydrogen) atoms. The first-order chi connectivity index (χ1) is 19.6. The van der Waals surface area contributed by atoms with Crippen LogP contribution in [0.3, 0.4) is 0 Å². The molecule has 6 unspecified atom stereocenters. The van der Waals surface area contributed by atoms with E-state index in [1.54, 1.807) is 0 Å². The summed E-state index contributed by atoms with van der Waals surface area (Å²) in [5.41, 5.74) is 0. The van der Waals surface area contributed by atoms with E-state index in [0.717, 1.165) is 51.4 Å². The molecule has 0 rings (SSSR count). The van der Waals surface area contributed by atoms with Crippen LogP contribution in [0.5, 0.6) is 0 Å². The minimum atomic E-state index is -3.50. The van der Waals surface area contributed by atoms with Crippen molar-refractivity contribution in [2.24, 2.45) is 0 Å². The van der Waals surface area contributed by atoms with Crippen LogP contribution >= 0.6 is 0 Å². The Kier molecular flexibility index (Phi) is 42.2. The molecule has 4 N–H and O–H groups in total. The SMILES string of the molecule is CCC(C)O[Si](O)(OC(C)CC)OC(C)CC.CCC(C)O[Si](O)(OC(C)CC)OC(C)CC.CCCO.CCCO.[Ti]. The number of aliphatic hydroxyl groups excluding tert-OH is 2. The van der Waals surface area contributed by atoms with E-state index in [0.29, 0.717) is 13.2 Å². The maximum absolute atomic E-state index is 10.4. The van der Waals surface area contributed by atoms with Crippen molar-refractivity contribution in [3.8, 4) is 0 Å². The van der Waals surface area contributed by atoms with E-state index in [4.69, 9.17) is 36.8 Å². The number of hydrogen-bond acceptors (Lipinski definition) is 10. The first-order valence-electron chi connectivity index (χ1n) is 16.3. The molecule has 10 nitrogen and oxygen atoms in total. The normalized spacial score (nSPS) is 17.7. The van der Waals surface area contributed by atoms with Gasteiger partial charge in [-0.3, -0.25) is 0 Å². The molecule has 0 aromatic rings. The van der Waals surface area contributed by atoms with E-state index in [-0.39, 0.29) is 58.3 Å². The Labute approximate surface area is 283 Å². The van der Waals surface area contributed by atoms with Crippen LogP contribution in [0.25, 0.3) is 0 Å². The Morgan fingerprint density at radius 3 is 0.581 bits per heavy atom. The largest absolute Gasteiger partial charge is 0.677 e. The molecule has 0 saturated heterocycles. The molecule has 264 valence electrons. The second-order valence-corrected chi connectivity index (χ2v) is 14.0. The van der Waals surface area contributed by atoms with Gasteiger partial charge in [-0.05, 0) is 92.9 Å². The van der Waals surface area contributed by atoms with Gasteiger partial charge in [-0.15, -0.1) is 0 Å². The van der Waals surface area contributed by atoms with E-state index in [1.165, 1.54) is 0 Å². The molecule has 0 aliphatic heterocycles. The van der Waals surface area contributed by atoms with Gasteiger partial charge in [-0.1, -0.05) is 55.4 Å². The predicted octanol–water partition coefficient (Wildman–Crippen LogP) is 6.49. The zero-order valence-corrected chi connectivity index (χ0v) is 33.8. The summed E-state index contributed by atoms with van der Waals surface area (Å²) < 4.78 is 33.5. The van der Waals surface area contributed by atoms with Gasteiger partial charge in [0.2, 0.25) is 0 Å². The second-order valence-electron chi connectivity index (χ2n) is 10.5. The van der Waals surface area contributed by atoms with Gasteiger partial charge in [0.05, 0.1) is 0 Å². The summed E-state index contributed by atoms with van der Waals surface area (Å²) in [4.78, 5) is 20.8. The van der Waals surface area contributed by atoms with Gasteiger partial charge in [-0.2, -0.15) is 0 Å². The van der Waals surface area contributed by atoms with E-state index in [2.05, 4.69) is 0 Å². The molecule has 0 amide bonds. The molecule has 13 heteroatoms. The molecular formula is C30H72O10Si2Ti. The topological polar surface area (TPSA) is 136 Å². The zero-order valence-electron chi connectivity index (χ0n) is 30.3. The van der Waals surface area contributed by atoms with Crippen molar-refractivity contribution in [3.05, 3.63) is 0 Å². The van der Waals surface area contributed by atoms with Crippen molar-refractivity contribution in [1.82, 2.24) is 0 Å². The van der Waals surface area contributed by atoms with E-state index >= 15 is 0 Å². The van der Waals surface area contributed by atoms with Gasteiger partial charge >= 0.3 is 18.1 Å². The van der Waals surface area contributed by atoms with Crippen molar-refractivity contribution >= 4 is 18.1 Å². The molecule has 0 fully saturated rings.